The molecule has 7 nitrogen and oxygen atoms in total. The molecule has 1 aliphatic rings. The van der Waals surface area contributed by atoms with E-state index in [1.807, 2.05) is 55.6 Å². The van der Waals surface area contributed by atoms with E-state index in [1.165, 1.54) is 0 Å². The van der Waals surface area contributed by atoms with Gasteiger partial charge in [0.2, 0.25) is 5.91 Å². The van der Waals surface area contributed by atoms with E-state index in [0.717, 1.165) is 26.7 Å². The molecule has 2 heterocycles. The summed E-state index contributed by atoms with van der Waals surface area (Å²) in [7, 11) is 0. The quantitative estimate of drug-likeness (QED) is 0.597. The molecular formula is C23H22N4O3S. The third kappa shape index (κ3) is 4.06. The number of urea groups is 1. The van der Waals surface area contributed by atoms with Crippen LogP contribution in [0.15, 0.2) is 53.9 Å². The van der Waals surface area contributed by atoms with Crippen molar-refractivity contribution in [3.63, 3.8) is 0 Å². The Morgan fingerprint density at radius 1 is 1.10 bits per heavy atom. The zero-order chi connectivity index (χ0) is 22.2. The number of benzene rings is 2. The fourth-order valence-electron chi connectivity index (χ4n) is 3.49. The van der Waals surface area contributed by atoms with Crippen LogP contribution in [0.2, 0.25) is 0 Å². The third-order valence-electron chi connectivity index (χ3n) is 5.29. The van der Waals surface area contributed by atoms with Gasteiger partial charge in [0, 0.05) is 16.6 Å². The lowest BCUT2D eigenvalue weighted by Gasteiger charge is -2.22. The Bertz CT molecular complexity index is 1150. The molecule has 31 heavy (non-hydrogen) atoms. The highest BCUT2D eigenvalue weighted by Crippen LogP contribution is 2.29. The summed E-state index contributed by atoms with van der Waals surface area (Å²) in [4.78, 5) is 43.3. The van der Waals surface area contributed by atoms with Crippen molar-refractivity contribution in [3.8, 4) is 11.3 Å². The van der Waals surface area contributed by atoms with Gasteiger partial charge in [0.05, 0.1) is 10.7 Å². The number of thiazole rings is 1. The minimum Gasteiger partial charge on any atom is -0.325 e. The normalized spacial score (nSPS) is 18.2. The molecule has 1 aromatic heterocycles. The van der Waals surface area contributed by atoms with Crippen molar-refractivity contribution in [3.05, 3.63) is 70.0 Å². The van der Waals surface area contributed by atoms with Crippen LogP contribution in [0.1, 0.15) is 23.1 Å². The summed E-state index contributed by atoms with van der Waals surface area (Å²) in [6.07, 6.45) is 0. The smallest absolute Gasteiger partial charge is 0.325 e. The average Bonchev–Trinajstić information content (AvgIpc) is 3.26. The number of imide groups is 1. The van der Waals surface area contributed by atoms with Gasteiger partial charge in [-0.3, -0.25) is 14.5 Å². The van der Waals surface area contributed by atoms with Crippen LogP contribution in [0.5, 0.6) is 0 Å². The zero-order valence-corrected chi connectivity index (χ0v) is 18.2. The van der Waals surface area contributed by atoms with Crippen molar-refractivity contribution in [1.82, 2.24) is 15.2 Å². The maximum absolute atomic E-state index is 13.0. The number of hydrogen-bond acceptors (Lipinski definition) is 5. The number of hydrogen-bond donors (Lipinski definition) is 2. The second-order valence-electron chi connectivity index (χ2n) is 7.69. The van der Waals surface area contributed by atoms with Gasteiger partial charge in [0.15, 0.2) is 0 Å². The van der Waals surface area contributed by atoms with Gasteiger partial charge in [-0.2, -0.15) is 0 Å². The number of anilines is 1. The topological polar surface area (TPSA) is 91.4 Å². The predicted octanol–water partition coefficient (Wildman–Crippen LogP) is 3.83. The Labute approximate surface area is 184 Å². The Morgan fingerprint density at radius 3 is 2.39 bits per heavy atom. The molecule has 0 spiro atoms. The predicted molar refractivity (Wildman–Crippen MR) is 120 cm³/mol. The molecule has 4 amide bonds. The zero-order valence-electron chi connectivity index (χ0n) is 17.4. The lowest BCUT2D eigenvalue weighted by atomic mass is 9.91. The van der Waals surface area contributed by atoms with Crippen LogP contribution < -0.4 is 10.6 Å². The first-order valence-electron chi connectivity index (χ1n) is 9.80. The van der Waals surface area contributed by atoms with Crippen molar-refractivity contribution in [2.45, 2.75) is 26.3 Å². The first-order chi connectivity index (χ1) is 14.8. The van der Waals surface area contributed by atoms with Crippen molar-refractivity contribution in [1.29, 1.82) is 0 Å². The van der Waals surface area contributed by atoms with Gasteiger partial charge in [-0.1, -0.05) is 42.0 Å². The SMILES string of the molecule is Cc1ccc(C2(C)NC(=O)N(CC(=O)Nc3ccc(-c4csc(C)n4)cc3)C2=O)cc1. The van der Waals surface area contributed by atoms with Crippen LogP contribution in [-0.4, -0.2) is 34.3 Å². The van der Waals surface area contributed by atoms with Gasteiger partial charge in [0.25, 0.3) is 5.91 Å². The Balaban J connectivity index is 1.43. The summed E-state index contributed by atoms with van der Waals surface area (Å²) in [5, 5.41) is 8.41. The number of carbonyl (C=O) groups excluding carboxylic acids is 3. The van der Waals surface area contributed by atoms with Crippen LogP contribution in [0, 0.1) is 13.8 Å². The number of aromatic nitrogens is 1. The molecule has 158 valence electrons. The van der Waals surface area contributed by atoms with Gasteiger partial charge in [0.1, 0.15) is 12.1 Å². The molecular weight excluding hydrogens is 412 g/mol. The molecule has 1 aliphatic heterocycles. The Hall–Kier alpha value is -3.52. The fraction of sp³-hybridized carbons (Fsp3) is 0.217. The minimum atomic E-state index is -1.20. The van der Waals surface area contributed by atoms with Gasteiger partial charge >= 0.3 is 6.03 Å². The molecule has 0 aliphatic carbocycles. The molecule has 3 aromatic rings. The van der Waals surface area contributed by atoms with Crippen LogP contribution in [0.25, 0.3) is 11.3 Å². The number of nitrogens with zero attached hydrogens (tertiary/aromatic N) is 2. The summed E-state index contributed by atoms with van der Waals surface area (Å²) in [6, 6.07) is 14.1. The lowest BCUT2D eigenvalue weighted by Crippen LogP contribution is -2.42. The van der Waals surface area contributed by atoms with Crippen LogP contribution in [0.3, 0.4) is 0 Å². The molecule has 1 atom stereocenters. The van der Waals surface area contributed by atoms with E-state index >= 15 is 0 Å². The van der Waals surface area contributed by atoms with Gasteiger partial charge in [-0.15, -0.1) is 11.3 Å². The van der Waals surface area contributed by atoms with Crippen LogP contribution in [-0.2, 0) is 15.1 Å². The molecule has 1 saturated heterocycles. The van der Waals surface area contributed by atoms with E-state index in [4.69, 9.17) is 0 Å². The summed E-state index contributed by atoms with van der Waals surface area (Å²) >= 11 is 1.57. The Kier molecular flexibility index (Phi) is 5.32. The number of carbonyl (C=O) groups is 3. The van der Waals surface area contributed by atoms with E-state index in [9.17, 15) is 14.4 Å². The van der Waals surface area contributed by atoms with Gasteiger partial charge < -0.3 is 10.6 Å². The first kappa shape index (κ1) is 20.7. The molecule has 4 rings (SSSR count). The van der Waals surface area contributed by atoms with Crippen LogP contribution in [0.4, 0.5) is 10.5 Å². The average molecular weight is 435 g/mol. The van der Waals surface area contributed by atoms with Crippen molar-refractivity contribution >= 4 is 34.9 Å². The molecule has 1 unspecified atom stereocenters. The van der Waals surface area contributed by atoms with E-state index < -0.39 is 23.4 Å². The maximum atomic E-state index is 13.0. The molecule has 0 saturated carbocycles. The van der Waals surface area contributed by atoms with E-state index in [2.05, 4.69) is 15.6 Å². The second-order valence-corrected chi connectivity index (χ2v) is 8.75. The number of rotatable bonds is 5. The molecule has 1 fully saturated rings. The van der Waals surface area contributed by atoms with E-state index in [1.54, 1.807) is 30.4 Å². The molecule has 0 bridgehead atoms. The molecule has 0 radical (unpaired) electrons. The summed E-state index contributed by atoms with van der Waals surface area (Å²) in [5.41, 5.74) is 2.94. The monoisotopic (exact) mass is 434 g/mol. The highest BCUT2D eigenvalue weighted by molar-refractivity contribution is 7.09. The second kappa shape index (κ2) is 7.96. The highest BCUT2D eigenvalue weighted by atomic mass is 32.1. The van der Waals surface area contributed by atoms with E-state index in [-0.39, 0.29) is 6.54 Å². The number of aryl methyl sites for hydroxylation is 2. The summed E-state index contributed by atoms with van der Waals surface area (Å²) in [6.45, 7) is 5.18. The highest BCUT2D eigenvalue weighted by Gasteiger charge is 2.49. The van der Waals surface area contributed by atoms with Crippen molar-refractivity contribution in [2.75, 3.05) is 11.9 Å². The van der Waals surface area contributed by atoms with Gasteiger partial charge in [-0.05, 0) is 38.5 Å². The summed E-state index contributed by atoms with van der Waals surface area (Å²) in [5.74, 6) is -0.903. The largest absolute Gasteiger partial charge is 0.325 e. The minimum absolute atomic E-state index is 0.362. The van der Waals surface area contributed by atoms with Gasteiger partial charge in [-0.25, -0.2) is 9.78 Å². The van der Waals surface area contributed by atoms with Crippen LogP contribution >= 0.6 is 11.3 Å². The first-order valence-corrected chi connectivity index (χ1v) is 10.7. The lowest BCUT2D eigenvalue weighted by molar-refractivity contribution is -0.133. The Morgan fingerprint density at radius 2 is 1.77 bits per heavy atom. The van der Waals surface area contributed by atoms with Crippen molar-refractivity contribution in [2.24, 2.45) is 0 Å². The third-order valence-corrected chi connectivity index (χ3v) is 6.06. The van der Waals surface area contributed by atoms with E-state index in [0.29, 0.717) is 11.3 Å². The maximum Gasteiger partial charge on any atom is 0.325 e. The molecule has 2 N–H and O–H groups in total. The molecule has 8 heteroatoms. The molecule has 2 aromatic carbocycles. The number of amides is 4. The number of nitrogens with one attached hydrogen (secondary N) is 2. The van der Waals surface area contributed by atoms with Crippen molar-refractivity contribution < 1.29 is 14.4 Å². The standard InChI is InChI=1S/C23H22N4O3S/c1-14-4-8-17(9-5-14)23(3)21(29)27(22(30)26-23)12-20(28)25-18-10-6-16(7-11-18)19-13-31-15(2)24-19/h4-11,13H,12H2,1-3H3,(H,25,28)(H,26,30). The summed E-state index contributed by atoms with van der Waals surface area (Å²) < 4.78 is 0. The fourth-order valence-corrected chi connectivity index (χ4v) is 4.11.